The van der Waals surface area contributed by atoms with Gasteiger partial charge < -0.3 is 4.90 Å². The molecule has 2 nitrogen and oxygen atoms in total. The van der Waals surface area contributed by atoms with Gasteiger partial charge in [-0.1, -0.05) is 0 Å². The zero-order valence-corrected chi connectivity index (χ0v) is 9.35. The van der Waals surface area contributed by atoms with Crippen molar-refractivity contribution in [1.29, 1.82) is 5.26 Å². The molecule has 104 valence electrons. The number of likely N-dealkylation sites (tertiary alicyclic amines) is 1. The zero-order valence-electron chi connectivity index (χ0n) is 9.35. The van der Waals surface area contributed by atoms with Gasteiger partial charge in [0.1, 0.15) is 0 Å². The van der Waals surface area contributed by atoms with Crippen molar-refractivity contribution < 1.29 is 26.3 Å². The number of halogens is 6. The van der Waals surface area contributed by atoms with Crippen LogP contribution >= 0.6 is 0 Å². The summed E-state index contributed by atoms with van der Waals surface area (Å²) < 4.78 is 73.9. The largest absolute Gasteiger partial charge is 0.405 e. The van der Waals surface area contributed by atoms with Gasteiger partial charge in [-0.2, -0.15) is 31.6 Å². The number of piperidine rings is 1. The highest BCUT2D eigenvalue weighted by molar-refractivity contribution is 4.91. The van der Waals surface area contributed by atoms with Gasteiger partial charge in [-0.3, -0.25) is 0 Å². The molecule has 1 fully saturated rings. The van der Waals surface area contributed by atoms with E-state index in [9.17, 15) is 26.3 Å². The van der Waals surface area contributed by atoms with E-state index in [1.165, 1.54) is 4.90 Å². The molecule has 0 aromatic heterocycles. The molecule has 1 aliphatic rings. The molecule has 0 aromatic rings. The molecule has 0 aliphatic carbocycles. The molecule has 1 heterocycles. The third-order valence-corrected chi connectivity index (χ3v) is 3.04. The first-order valence-corrected chi connectivity index (χ1v) is 5.40. The van der Waals surface area contributed by atoms with Gasteiger partial charge in [0, 0.05) is 6.54 Å². The minimum absolute atomic E-state index is 0.0571. The molecule has 1 atom stereocenters. The summed E-state index contributed by atoms with van der Waals surface area (Å²) in [5.74, 6) is -3.58. The second kappa shape index (κ2) is 5.34. The highest BCUT2D eigenvalue weighted by atomic mass is 19.4. The first-order valence-electron chi connectivity index (χ1n) is 5.40. The minimum atomic E-state index is -4.63. The molecule has 1 saturated heterocycles. The van der Waals surface area contributed by atoms with E-state index in [2.05, 4.69) is 0 Å². The summed E-state index contributed by atoms with van der Waals surface area (Å²) in [4.78, 5) is 1.27. The van der Waals surface area contributed by atoms with Gasteiger partial charge in [-0.15, -0.1) is 0 Å². The fourth-order valence-electron chi connectivity index (χ4n) is 1.92. The lowest BCUT2D eigenvalue weighted by molar-refractivity contribution is -0.189. The first-order chi connectivity index (χ1) is 8.14. The van der Waals surface area contributed by atoms with Gasteiger partial charge in [0.05, 0.1) is 12.0 Å². The molecule has 1 rings (SSSR count). The average molecular weight is 274 g/mol. The molecule has 8 heteroatoms. The van der Waals surface area contributed by atoms with E-state index in [0.29, 0.717) is 0 Å². The first kappa shape index (κ1) is 15.1. The number of alkyl halides is 6. The van der Waals surface area contributed by atoms with Crippen LogP contribution in [0.25, 0.3) is 0 Å². The Morgan fingerprint density at radius 2 is 1.61 bits per heavy atom. The second-order valence-electron chi connectivity index (χ2n) is 4.34. The lowest BCUT2D eigenvalue weighted by Gasteiger charge is -2.33. The highest BCUT2D eigenvalue weighted by Gasteiger charge is 2.44. The van der Waals surface area contributed by atoms with Crippen molar-refractivity contribution in [2.24, 2.45) is 11.8 Å². The molecule has 0 bridgehead atoms. The molecule has 1 aliphatic heterocycles. The van der Waals surface area contributed by atoms with Gasteiger partial charge in [-0.25, -0.2) is 0 Å². The summed E-state index contributed by atoms with van der Waals surface area (Å²) in [6, 6.07) is 1.14. The third-order valence-electron chi connectivity index (χ3n) is 3.04. The fourth-order valence-corrected chi connectivity index (χ4v) is 1.92. The average Bonchev–Trinajstić information content (AvgIpc) is 2.23. The van der Waals surface area contributed by atoms with E-state index < -0.39 is 30.7 Å². The second-order valence-corrected chi connectivity index (χ2v) is 4.34. The van der Waals surface area contributed by atoms with E-state index >= 15 is 0 Å². The molecule has 0 amide bonds. The summed E-state index contributed by atoms with van der Waals surface area (Å²) in [5.41, 5.74) is 0. The number of hydrogen-bond donors (Lipinski definition) is 0. The van der Waals surface area contributed by atoms with Gasteiger partial charge in [-0.05, 0) is 25.9 Å². The predicted octanol–water partition coefficient (Wildman–Crippen LogP) is 2.96. The lowest BCUT2D eigenvalue weighted by atomic mass is 9.95. The maximum absolute atomic E-state index is 12.3. The zero-order chi connectivity index (χ0) is 14.0. The predicted molar refractivity (Wildman–Crippen MR) is 50.4 cm³/mol. The van der Waals surface area contributed by atoms with Crippen LogP contribution in [0.15, 0.2) is 0 Å². The molecular formula is C10H12F6N2. The lowest BCUT2D eigenvalue weighted by Crippen LogP contribution is -2.43. The topological polar surface area (TPSA) is 27.0 Å². The van der Waals surface area contributed by atoms with Crippen molar-refractivity contribution in [3.8, 4) is 6.07 Å². The number of nitriles is 1. The van der Waals surface area contributed by atoms with Crippen LogP contribution < -0.4 is 0 Å². The molecule has 0 aromatic carbocycles. The molecule has 0 saturated carbocycles. The van der Waals surface area contributed by atoms with E-state index in [-0.39, 0.29) is 25.9 Å². The van der Waals surface area contributed by atoms with Crippen LogP contribution in [-0.4, -0.2) is 36.9 Å². The maximum atomic E-state index is 12.3. The van der Waals surface area contributed by atoms with Crippen LogP contribution in [0, 0.1) is 23.2 Å². The van der Waals surface area contributed by atoms with E-state index in [1.54, 1.807) is 0 Å². The molecular weight excluding hydrogens is 262 g/mol. The van der Waals surface area contributed by atoms with Crippen LogP contribution in [0.3, 0.4) is 0 Å². The Bertz CT molecular complexity index is 308. The van der Waals surface area contributed by atoms with E-state index in [4.69, 9.17) is 5.26 Å². The van der Waals surface area contributed by atoms with Crippen molar-refractivity contribution >= 4 is 0 Å². The number of hydrogen-bond acceptors (Lipinski definition) is 2. The number of rotatable bonds is 2. The van der Waals surface area contributed by atoms with Gasteiger partial charge in [0.2, 0.25) is 0 Å². The Labute approximate surface area is 100 Å². The standard InChI is InChI=1S/C10H12F6N2/c11-9(12,13)7-1-3-18(4-2-7)6-8(5-17)10(14,15)16/h7-8H,1-4,6H2. The van der Waals surface area contributed by atoms with Gasteiger partial charge >= 0.3 is 12.4 Å². The Balaban J connectivity index is 2.47. The summed E-state index contributed by atoms with van der Waals surface area (Å²) in [6.07, 6.45) is -9.33. The fraction of sp³-hybridized carbons (Fsp3) is 0.900. The minimum Gasteiger partial charge on any atom is -0.302 e. The Morgan fingerprint density at radius 3 is 1.94 bits per heavy atom. The van der Waals surface area contributed by atoms with Crippen LogP contribution in [0.5, 0.6) is 0 Å². The summed E-state index contributed by atoms with van der Waals surface area (Å²) in [7, 11) is 0. The van der Waals surface area contributed by atoms with Crippen molar-refractivity contribution in [3.05, 3.63) is 0 Å². The monoisotopic (exact) mass is 274 g/mol. The molecule has 0 N–H and O–H groups in total. The van der Waals surface area contributed by atoms with Crippen LogP contribution in [0.4, 0.5) is 26.3 Å². The SMILES string of the molecule is N#CC(CN1CCC(C(F)(F)F)CC1)C(F)(F)F. The van der Waals surface area contributed by atoms with Gasteiger partial charge in [0.25, 0.3) is 0 Å². The van der Waals surface area contributed by atoms with Crippen molar-refractivity contribution in [2.75, 3.05) is 19.6 Å². The van der Waals surface area contributed by atoms with Crippen LogP contribution in [0.2, 0.25) is 0 Å². The van der Waals surface area contributed by atoms with Crippen molar-refractivity contribution in [2.45, 2.75) is 25.2 Å². The molecule has 0 spiro atoms. The number of nitrogens with zero attached hydrogens (tertiary/aromatic N) is 2. The van der Waals surface area contributed by atoms with Crippen LogP contribution in [-0.2, 0) is 0 Å². The molecule has 1 unspecified atom stereocenters. The Hall–Kier alpha value is -0.970. The molecule has 18 heavy (non-hydrogen) atoms. The van der Waals surface area contributed by atoms with Crippen molar-refractivity contribution in [3.63, 3.8) is 0 Å². The van der Waals surface area contributed by atoms with E-state index in [0.717, 1.165) is 6.07 Å². The summed E-state index contributed by atoms with van der Waals surface area (Å²) in [6.45, 7) is -0.665. The van der Waals surface area contributed by atoms with E-state index in [1.807, 2.05) is 0 Å². The highest BCUT2D eigenvalue weighted by Crippen LogP contribution is 2.35. The van der Waals surface area contributed by atoms with Crippen LogP contribution in [0.1, 0.15) is 12.8 Å². The summed E-state index contributed by atoms with van der Waals surface area (Å²) >= 11 is 0. The van der Waals surface area contributed by atoms with Crippen molar-refractivity contribution in [1.82, 2.24) is 4.90 Å². The Morgan fingerprint density at radius 1 is 1.11 bits per heavy atom. The smallest absolute Gasteiger partial charge is 0.302 e. The normalized spacial score (nSPS) is 21.6. The third kappa shape index (κ3) is 4.05. The summed E-state index contributed by atoms with van der Waals surface area (Å²) in [5, 5.41) is 8.40. The van der Waals surface area contributed by atoms with Gasteiger partial charge in [0.15, 0.2) is 5.92 Å². The maximum Gasteiger partial charge on any atom is 0.405 e. The quantitative estimate of drug-likeness (QED) is 0.724. The Kier molecular flexibility index (Phi) is 4.48. The molecule has 0 radical (unpaired) electrons.